The summed E-state index contributed by atoms with van der Waals surface area (Å²) in [4.78, 5) is 8.90. The molecule has 2 unspecified atom stereocenters. The van der Waals surface area contributed by atoms with E-state index in [1.807, 2.05) is 38.1 Å². The number of benzene rings is 3. The van der Waals surface area contributed by atoms with Gasteiger partial charge in [0.15, 0.2) is 12.2 Å². The monoisotopic (exact) mass is 592 g/mol. The van der Waals surface area contributed by atoms with Crippen LogP contribution in [-0.2, 0) is 26.2 Å². The summed E-state index contributed by atoms with van der Waals surface area (Å²) in [7, 11) is 0. The Morgan fingerprint density at radius 3 is 1.31 bits per heavy atom. The van der Waals surface area contributed by atoms with E-state index in [0.29, 0.717) is 11.7 Å². The molecule has 0 aromatic heterocycles. The highest BCUT2D eigenvalue weighted by Gasteiger charge is 2.19. The number of ether oxygens (including phenoxy) is 2. The van der Waals surface area contributed by atoms with Crippen molar-refractivity contribution in [3.8, 4) is 11.5 Å². The number of hydrogen-bond donors (Lipinski definition) is 4. The maximum Gasteiger partial charge on any atom is 0.153 e. The van der Waals surface area contributed by atoms with Crippen molar-refractivity contribution in [2.75, 3.05) is 0 Å². The smallest absolute Gasteiger partial charge is 0.153 e. The van der Waals surface area contributed by atoms with Crippen molar-refractivity contribution in [3.05, 3.63) is 82.9 Å². The van der Waals surface area contributed by atoms with Crippen LogP contribution in [0, 0.1) is 0 Å². The van der Waals surface area contributed by atoms with Gasteiger partial charge in [-0.15, -0.1) is 37.2 Å². The van der Waals surface area contributed by atoms with Crippen molar-refractivity contribution in [2.45, 2.75) is 52.2 Å². The van der Waals surface area contributed by atoms with Crippen molar-refractivity contribution in [3.63, 3.8) is 0 Å². The minimum atomic E-state index is -0.183. The van der Waals surface area contributed by atoms with Gasteiger partial charge in [-0.1, -0.05) is 36.4 Å². The van der Waals surface area contributed by atoms with Gasteiger partial charge in [0.1, 0.15) is 34.5 Å². The molecular formula is C28H35Cl3N6O2. The number of halogens is 3. The highest BCUT2D eigenvalue weighted by molar-refractivity contribution is 5.90. The van der Waals surface area contributed by atoms with E-state index in [2.05, 4.69) is 57.0 Å². The molecule has 3 aromatic carbocycles. The molecule has 39 heavy (non-hydrogen) atoms. The van der Waals surface area contributed by atoms with E-state index in [-0.39, 0.29) is 49.4 Å². The standard InChI is InChI=1S/C28H32N6O2.3ClH/c1-17-27(29)33-23-11-21(7-9-25(23)35-17)15-31-13-19-3-5-20(6-4-19)14-32-16-22-8-10-26-24(12-22)34-28(30)18(2)36-26;;;/h3-12,17-18,31-32H,13-16H2,1-2H3,(H2,29,33)(H2,30,34);3*1H. The van der Waals surface area contributed by atoms with Gasteiger partial charge in [0, 0.05) is 26.2 Å². The number of nitrogens with zero attached hydrogens (tertiary/aromatic N) is 2. The quantitative estimate of drug-likeness (QED) is 0.290. The van der Waals surface area contributed by atoms with Gasteiger partial charge < -0.3 is 31.6 Å². The molecule has 0 aliphatic carbocycles. The molecule has 0 amide bonds. The van der Waals surface area contributed by atoms with Crippen molar-refractivity contribution in [1.29, 1.82) is 0 Å². The molecule has 3 aromatic rings. The molecule has 210 valence electrons. The Hall–Kier alpha value is -3.01. The fourth-order valence-electron chi connectivity index (χ4n) is 4.16. The van der Waals surface area contributed by atoms with Gasteiger partial charge in [0.2, 0.25) is 0 Å². The lowest BCUT2D eigenvalue weighted by molar-refractivity contribution is 0.281. The average molecular weight is 594 g/mol. The molecule has 0 spiro atoms. The molecule has 8 nitrogen and oxygen atoms in total. The Morgan fingerprint density at radius 2 is 0.923 bits per heavy atom. The third kappa shape index (κ3) is 8.00. The van der Waals surface area contributed by atoms with Crippen LogP contribution in [-0.4, -0.2) is 23.9 Å². The number of nitrogens with two attached hydrogens (primary N) is 2. The van der Waals surface area contributed by atoms with Crippen LogP contribution in [0.25, 0.3) is 0 Å². The average Bonchev–Trinajstić information content (AvgIpc) is 2.87. The normalized spacial score (nSPS) is 16.9. The molecule has 2 aliphatic heterocycles. The molecule has 11 heteroatoms. The Kier molecular flexibility index (Phi) is 11.9. The fourth-order valence-corrected chi connectivity index (χ4v) is 4.16. The lowest BCUT2D eigenvalue weighted by atomic mass is 10.1. The molecule has 0 saturated heterocycles. The molecule has 0 fully saturated rings. The van der Waals surface area contributed by atoms with Gasteiger partial charge in [-0.25, -0.2) is 9.98 Å². The van der Waals surface area contributed by atoms with Crippen LogP contribution in [0.15, 0.2) is 70.6 Å². The molecule has 2 atom stereocenters. The summed E-state index contributed by atoms with van der Waals surface area (Å²) in [6, 6.07) is 20.7. The lowest BCUT2D eigenvalue weighted by Crippen LogP contribution is -2.33. The Bertz CT molecular complexity index is 1220. The van der Waals surface area contributed by atoms with E-state index in [1.165, 1.54) is 11.1 Å². The highest BCUT2D eigenvalue weighted by Crippen LogP contribution is 2.33. The molecule has 2 heterocycles. The van der Waals surface area contributed by atoms with E-state index >= 15 is 0 Å². The largest absolute Gasteiger partial charge is 0.481 e. The van der Waals surface area contributed by atoms with Crippen LogP contribution < -0.4 is 31.6 Å². The summed E-state index contributed by atoms with van der Waals surface area (Å²) in [6.45, 7) is 6.84. The number of fused-ring (bicyclic) bond motifs is 2. The summed E-state index contributed by atoms with van der Waals surface area (Å²) in [5.74, 6) is 2.57. The van der Waals surface area contributed by atoms with Crippen LogP contribution in [0.4, 0.5) is 11.4 Å². The minimum Gasteiger partial charge on any atom is -0.481 e. The van der Waals surface area contributed by atoms with Gasteiger partial charge in [0.25, 0.3) is 0 Å². The molecule has 6 N–H and O–H groups in total. The summed E-state index contributed by atoms with van der Waals surface area (Å²) >= 11 is 0. The molecular weight excluding hydrogens is 559 g/mol. The zero-order chi connectivity index (χ0) is 25.1. The first-order chi connectivity index (χ1) is 17.4. The number of rotatable bonds is 8. The minimum absolute atomic E-state index is 0. The highest BCUT2D eigenvalue weighted by atomic mass is 35.5. The number of aliphatic imine (C=N–C) groups is 2. The summed E-state index contributed by atoms with van der Waals surface area (Å²) < 4.78 is 11.5. The predicted octanol–water partition coefficient (Wildman–Crippen LogP) is 5.07. The van der Waals surface area contributed by atoms with E-state index < -0.39 is 0 Å². The van der Waals surface area contributed by atoms with Crippen LogP contribution in [0.3, 0.4) is 0 Å². The Morgan fingerprint density at radius 1 is 0.590 bits per heavy atom. The van der Waals surface area contributed by atoms with Crippen LogP contribution in [0.2, 0.25) is 0 Å². The van der Waals surface area contributed by atoms with Crippen molar-refractivity contribution >= 4 is 60.3 Å². The number of amidine groups is 2. The first kappa shape index (κ1) is 32.2. The van der Waals surface area contributed by atoms with Crippen LogP contribution in [0.5, 0.6) is 11.5 Å². The predicted molar refractivity (Wildman–Crippen MR) is 165 cm³/mol. The Labute approximate surface area is 247 Å². The summed E-state index contributed by atoms with van der Waals surface area (Å²) in [5.41, 5.74) is 18.2. The lowest BCUT2D eigenvalue weighted by Gasteiger charge is -2.21. The van der Waals surface area contributed by atoms with E-state index in [9.17, 15) is 0 Å². The van der Waals surface area contributed by atoms with E-state index in [0.717, 1.165) is 60.2 Å². The third-order valence-electron chi connectivity index (χ3n) is 6.33. The first-order valence-electron chi connectivity index (χ1n) is 12.2. The number of hydrogen-bond acceptors (Lipinski definition) is 8. The van der Waals surface area contributed by atoms with E-state index in [4.69, 9.17) is 20.9 Å². The third-order valence-corrected chi connectivity index (χ3v) is 6.33. The van der Waals surface area contributed by atoms with Crippen molar-refractivity contribution < 1.29 is 9.47 Å². The first-order valence-corrected chi connectivity index (χ1v) is 12.2. The van der Waals surface area contributed by atoms with Gasteiger partial charge >= 0.3 is 0 Å². The molecule has 0 bridgehead atoms. The zero-order valence-electron chi connectivity index (χ0n) is 21.8. The van der Waals surface area contributed by atoms with Crippen molar-refractivity contribution in [2.24, 2.45) is 21.5 Å². The maximum atomic E-state index is 5.92. The molecule has 2 aliphatic rings. The van der Waals surface area contributed by atoms with Gasteiger partial charge in [-0.05, 0) is 60.4 Å². The molecule has 5 rings (SSSR count). The summed E-state index contributed by atoms with van der Waals surface area (Å²) in [6.07, 6.45) is -0.367. The maximum absolute atomic E-state index is 5.92. The summed E-state index contributed by atoms with van der Waals surface area (Å²) in [5, 5.41) is 6.99. The topological polar surface area (TPSA) is 119 Å². The van der Waals surface area contributed by atoms with Gasteiger partial charge in [-0.3, -0.25) is 0 Å². The van der Waals surface area contributed by atoms with Gasteiger partial charge in [0.05, 0.1) is 0 Å². The Balaban J connectivity index is 0.00000178. The van der Waals surface area contributed by atoms with E-state index in [1.54, 1.807) is 0 Å². The van der Waals surface area contributed by atoms with Crippen LogP contribution >= 0.6 is 37.2 Å². The SMILES string of the molecule is CC1Oc2ccc(CNCc3ccc(CNCc4ccc5c(c4)N=C(N)C(C)O5)cc3)cc2N=C1N.Cl.Cl.Cl. The number of nitrogens with one attached hydrogen (secondary N) is 2. The second-order valence-corrected chi connectivity index (χ2v) is 9.22. The van der Waals surface area contributed by atoms with Crippen LogP contribution in [0.1, 0.15) is 36.1 Å². The molecule has 0 saturated carbocycles. The fraction of sp³-hybridized carbons (Fsp3) is 0.286. The zero-order valence-corrected chi connectivity index (χ0v) is 24.3. The second kappa shape index (κ2) is 14.4. The van der Waals surface area contributed by atoms with Gasteiger partial charge in [-0.2, -0.15) is 0 Å². The second-order valence-electron chi connectivity index (χ2n) is 9.22. The molecule has 0 radical (unpaired) electrons. The van der Waals surface area contributed by atoms with Crippen molar-refractivity contribution in [1.82, 2.24) is 10.6 Å².